The molecule has 1 aliphatic heterocycles. The van der Waals surface area contributed by atoms with Crippen molar-refractivity contribution < 1.29 is 8.95 Å². The van der Waals surface area contributed by atoms with Crippen LogP contribution in [0.3, 0.4) is 0 Å². The Balaban J connectivity index is 2.59. The van der Waals surface area contributed by atoms with Gasteiger partial charge in [0, 0.05) is 6.07 Å². The molecule has 1 aromatic carbocycles. The summed E-state index contributed by atoms with van der Waals surface area (Å²) in [6.07, 6.45) is 0. The zero-order valence-electron chi connectivity index (χ0n) is 7.43. The molecule has 0 fully saturated rings. The number of rotatable bonds is 1. The molecule has 2 rings (SSSR count). The van der Waals surface area contributed by atoms with Crippen LogP contribution >= 0.6 is 0 Å². The van der Waals surface area contributed by atoms with Crippen LogP contribution in [0.5, 0.6) is 5.75 Å². The summed E-state index contributed by atoms with van der Waals surface area (Å²) in [7, 11) is -0.0434. The molecule has 1 heterocycles. The Labute approximate surface area is 83.1 Å². The number of benzene rings is 1. The number of ether oxygens (including phenoxy) is 1. The molecule has 0 aromatic heterocycles. The fourth-order valence-electron chi connectivity index (χ4n) is 1.38. The smallest absolute Gasteiger partial charge is 0.163 e. The van der Waals surface area contributed by atoms with Gasteiger partial charge in [-0.3, -0.25) is 0 Å². The maximum absolute atomic E-state index is 11.3. The first-order chi connectivity index (χ1) is 6.54. The summed E-state index contributed by atoms with van der Waals surface area (Å²) >= 11 is 0. The molecule has 0 saturated heterocycles. The van der Waals surface area contributed by atoms with Gasteiger partial charge in [0.2, 0.25) is 0 Å². The third kappa shape index (κ3) is 1.32. The molecular formula is C8H8NO4S-. The Morgan fingerprint density at radius 1 is 1.50 bits per heavy atom. The molecule has 0 N–H and O–H groups in total. The van der Waals surface area contributed by atoms with Crippen LogP contribution in [-0.4, -0.2) is 17.2 Å². The van der Waals surface area contributed by atoms with Crippen molar-refractivity contribution in [3.8, 4) is 5.75 Å². The van der Waals surface area contributed by atoms with Crippen LogP contribution in [-0.2, 0) is 10.8 Å². The minimum atomic E-state index is -1.83. The van der Waals surface area contributed by atoms with Gasteiger partial charge in [-0.2, -0.15) is 0 Å². The van der Waals surface area contributed by atoms with Gasteiger partial charge in [0.25, 0.3) is 0 Å². The summed E-state index contributed by atoms with van der Waals surface area (Å²) in [5.74, 6) is -0.0282. The van der Waals surface area contributed by atoms with E-state index in [-0.39, 0.29) is 5.69 Å². The first-order valence-electron chi connectivity index (χ1n) is 3.91. The zero-order chi connectivity index (χ0) is 10.3. The molecule has 14 heavy (non-hydrogen) atoms. The fraction of sp³-hybridized carbons (Fsp3) is 0.250. The van der Waals surface area contributed by atoms with E-state index in [2.05, 4.69) is 0 Å². The molecule has 76 valence electrons. The van der Waals surface area contributed by atoms with E-state index in [0.717, 1.165) is 0 Å². The molecule has 1 unspecified atom stereocenters. The van der Waals surface area contributed by atoms with Crippen molar-refractivity contribution in [2.45, 2.75) is 4.90 Å². The highest BCUT2D eigenvalue weighted by molar-refractivity contribution is 7.85. The lowest BCUT2D eigenvalue weighted by Gasteiger charge is -2.41. The maximum Gasteiger partial charge on any atom is 0.163 e. The molecular weight excluding hydrogens is 206 g/mol. The van der Waals surface area contributed by atoms with Gasteiger partial charge in [0.05, 0.1) is 7.11 Å². The Hall–Kier alpha value is -0.950. The van der Waals surface area contributed by atoms with E-state index < -0.39 is 21.5 Å². The average molecular weight is 214 g/mol. The van der Waals surface area contributed by atoms with Gasteiger partial charge in [0.1, 0.15) is 21.4 Å². The molecule has 1 atom stereocenters. The van der Waals surface area contributed by atoms with Gasteiger partial charge in [-0.05, 0) is 12.1 Å². The molecule has 0 saturated carbocycles. The van der Waals surface area contributed by atoms with E-state index >= 15 is 0 Å². The number of hydroxylamine groups is 2. The number of quaternary nitrogens is 1. The van der Waals surface area contributed by atoms with Gasteiger partial charge in [-0.1, -0.05) is 0 Å². The van der Waals surface area contributed by atoms with Crippen molar-refractivity contribution in [2.24, 2.45) is 0 Å². The predicted molar refractivity (Wildman–Crippen MR) is 52.8 cm³/mol. The lowest BCUT2D eigenvalue weighted by Crippen LogP contribution is -2.33. The normalized spacial score (nSPS) is 23.2. The third-order valence-electron chi connectivity index (χ3n) is 2.07. The second-order valence-corrected chi connectivity index (χ2v) is 4.37. The van der Waals surface area contributed by atoms with E-state index in [1.165, 1.54) is 19.2 Å². The molecule has 5 nitrogen and oxygen atoms in total. The second-order valence-electron chi connectivity index (χ2n) is 2.98. The number of hydrogen-bond donors (Lipinski definition) is 0. The largest absolute Gasteiger partial charge is 0.625 e. The minimum absolute atomic E-state index is 0.0114. The Bertz CT molecular complexity index is 404. The predicted octanol–water partition coefficient (Wildman–Crippen LogP) is 1.08. The highest BCUT2D eigenvalue weighted by atomic mass is 32.2. The van der Waals surface area contributed by atoms with E-state index in [4.69, 9.17) is 4.74 Å². The van der Waals surface area contributed by atoms with Crippen LogP contribution in [0.1, 0.15) is 0 Å². The fourth-order valence-corrected chi connectivity index (χ4v) is 2.61. The van der Waals surface area contributed by atoms with Gasteiger partial charge in [-0.25, -0.2) is 4.21 Å². The van der Waals surface area contributed by atoms with Crippen molar-refractivity contribution in [3.05, 3.63) is 28.6 Å². The Morgan fingerprint density at radius 3 is 2.86 bits per heavy atom. The van der Waals surface area contributed by atoms with Crippen molar-refractivity contribution in [1.82, 2.24) is 4.81 Å². The standard InChI is InChI=1S/C8H8NO4S/c1-13-6-2-3-8-7(4-6)9(10,11)5-14(8)12/h2-4H,5H2,1H3/q-1. The summed E-state index contributed by atoms with van der Waals surface area (Å²) in [6.45, 7) is 0. The second kappa shape index (κ2) is 3.03. The first kappa shape index (κ1) is 9.60. The molecule has 1 aliphatic rings. The lowest BCUT2D eigenvalue weighted by atomic mass is 10.3. The highest BCUT2D eigenvalue weighted by Crippen LogP contribution is 2.38. The molecule has 0 spiro atoms. The molecule has 0 amide bonds. The maximum atomic E-state index is 11.3. The number of nitrogens with zero attached hydrogens (tertiary/aromatic N) is 1. The minimum Gasteiger partial charge on any atom is -0.625 e. The van der Waals surface area contributed by atoms with Crippen LogP contribution < -0.4 is 9.55 Å². The van der Waals surface area contributed by atoms with Crippen LogP contribution in [0.4, 0.5) is 5.69 Å². The summed E-state index contributed by atoms with van der Waals surface area (Å²) in [5, 5.41) is 22.7. The molecule has 6 heteroatoms. The van der Waals surface area contributed by atoms with Crippen molar-refractivity contribution in [2.75, 3.05) is 13.0 Å². The summed E-state index contributed by atoms with van der Waals surface area (Å²) < 4.78 is 16.2. The SMILES string of the molecule is COc1ccc2c(c1)[N+]([O-])([O-])CS2=O. The summed E-state index contributed by atoms with van der Waals surface area (Å²) in [6, 6.07) is 4.43. The van der Waals surface area contributed by atoms with E-state index in [1.54, 1.807) is 6.07 Å². The molecule has 0 radical (unpaired) electrons. The lowest BCUT2D eigenvalue weighted by molar-refractivity contribution is 0.413. The topological polar surface area (TPSA) is 72.4 Å². The summed E-state index contributed by atoms with van der Waals surface area (Å²) in [5.41, 5.74) is -0.0114. The van der Waals surface area contributed by atoms with E-state index in [1.807, 2.05) is 0 Å². The quantitative estimate of drug-likeness (QED) is 0.518. The van der Waals surface area contributed by atoms with Gasteiger partial charge in [-0.15, -0.1) is 0 Å². The first-order valence-corrected chi connectivity index (χ1v) is 5.23. The van der Waals surface area contributed by atoms with Crippen molar-refractivity contribution >= 4 is 16.5 Å². The van der Waals surface area contributed by atoms with Gasteiger partial charge in [0.15, 0.2) is 11.6 Å². The Kier molecular flexibility index (Phi) is 2.07. The van der Waals surface area contributed by atoms with Crippen molar-refractivity contribution in [1.29, 1.82) is 0 Å². The van der Waals surface area contributed by atoms with Gasteiger partial charge < -0.3 is 20.0 Å². The molecule has 0 bridgehead atoms. The summed E-state index contributed by atoms with van der Waals surface area (Å²) in [4.78, 5) is -1.52. The Morgan fingerprint density at radius 2 is 2.21 bits per heavy atom. The average Bonchev–Trinajstić information content (AvgIpc) is 2.37. The third-order valence-corrected chi connectivity index (χ3v) is 3.48. The van der Waals surface area contributed by atoms with Crippen LogP contribution in [0.2, 0.25) is 0 Å². The molecule has 1 aromatic rings. The van der Waals surface area contributed by atoms with Crippen LogP contribution in [0.15, 0.2) is 23.1 Å². The highest BCUT2D eigenvalue weighted by Gasteiger charge is 2.30. The molecule has 0 aliphatic carbocycles. The zero-order valence-corrected chi connectivity index (χ0v) is 8.24. The number of methoxy groups -OCH3 is 1. The van der Waals surface area contributed by atoms with Crippen LogP contribution in [0.25, 0.3) is 0 Å². The van der Waals surface area contributed by atoms with Gasteiger partial charge >= 0.3 is 0 Å². The van der Waals surface area contributed by atoms with E-state index in [0.29, 0.717) is 10.6 Å². The van der Waals surface area contributed by atoms with Crippen LogP contribution in [0, 0.1) is 10.4 Å². The van der Waals surface area contributed by atoms with Crippen molar-refractivity contribution in [3.63, 3.8) is 0 Å². The van der Waals surface area contributed by atoms with E-state index in [9.17, 15) is 14.6 Å². The number of fused-ring (bicyclic) bond motifs is 1. The number of hydrogen-bond acceptors (Lipinski definition) is 4. The monoisotopic (exact) mass is 214 g/mol.